The smallest absolute Gasteiger partial charge is 0.259 e. The van der Waals surface area contributed by atoms with Crippen molar-refractivity contribution >= 4 is 33.9 Å². The Bertz CT molecular complexity index is 1590. The standard InChI is InChI=1S/C29H29F2N5O3/c1-3-5-17-12-18(36-10-8-19(38)9-11-36)14-32-28(17)35-24-13-23(25-21(30)6-4-7-22(25)31)34-27-20(16(2)37)15-33-29(39)26(24)27/h4,6-7,12-15,19,38H,3,5,8-11H2,1-2H3,(H,33,39)(H,32,34,35). The van der Waals surface area contributed by atoms with E-state index < -0.39 is 17.2 Å². The Labute approximate surface area is 223 Å². The van der Waals surface area contributed by atoms with Gasteiger partial charge in [0, 0.05) is 19.3 Å². The van der Waals surface area contributed by atoms with Crippen molar-refractivity contribution in [2.24, 2.45) is 0 Å². The van der Waals surface area contributed by atoms with E-state index in [9.17, 15) is 23.5 Å². The molecule has 1 fully saturated rings. The fourth-order valence-corrected chi connectivity index (χ4v) is 4.98. The molecule has 8 nitrogen and oxygen atoms in total. The second-order valence-corrected chi connectivity index (χ2v) is 9.76. The molecule has 202 valence electrons. The van der Waals surface area contributed by atoms with Gasteiger partial charge in [0.1, 0.15) is 17.5 Å². The van der Waals surface area contributed by atoms with Crippen LogP contribution in [-0.2, 0) is 6.42 Å². The van der Waals surface area contributed by atoms with Gasteiger partial charge in [0.05, 0.1) is 51.4 Å². The van der Waals surface area contributed by atoms with Crippen LogP contribution in [0.5, 0.6) is 0 Å². The number of hydrogen-bond donors (Lipinski definition) is 3. The summed E-state index contributed by atoms with van der Waals surface area (Å²) in [6.45, 7) is 4.81. The summed E-state index contributed by atoms with van der Waals surface area (Å²) in [6, 6.07) is 6.94. The van der Waals surface area contributed by atoms with E-state index in [0.29, 0.717) is 25.1 Å². The first kappa shape index (κ1) is 26.4. The molecule has 3 aromatic heterocycles. The van der Waals surface area contributed by atoms with E-state index in [0.717, 1.165) is 42.9 Å². The van der Waals surface area contributed by atoms with Gasteiger partial charge in [0.2, 0.25) is 0 Å². The number of benzene rings is 1. The highest BCUT2D eigenvalue weighted by Gasteiger charge is 2.22. The maximum Gasteiger partial charge on any atom is 0.259 e. The minimum absolute atomic E-state index is 0.0365. The summed E-state index contributed by atoms with van der Waals surface area (Å²) in [5.41, 5.74) is 1.28. The number of piperidine rings is 1. The monoisotopic (exact) mass is 533 g/mol. The Morgan fingerprint density at radius 3 is 2.59 bits per heavy atom. The summed E-state index contributed by atoms with van der Waals surface area (Å²) in [4.78, 5) is 39.2. The number of ketones is 1. The number of aromatic amines is 1. The summed E-state index contributed by atoms with van der Waals surface area (Å²) in [5, 5.41) is 13.2. The molecule has 0 unspecified atom stereocenters. The van der Waals surface area contributed by atoms with Crippen LogP contribution in [0.25, 0.3) is 22.2 Å². The summed E-state index contributed by atoms with van der Waals surface area (Å²) < 4.78 is 29.6. The van der Waals surface area contributed by atoms with Gasteiger partial charge < -0.3 is 20.3 Å². The first-order valence-corrected chi connectivity index (χ1v) is 13.0. The normalized spacial score (nSPS) is 14.1. The number of carbonyl (C=O) groups is 1. The molecule has 1 aromatic carbocycles. The minimum Gasteiger partial charge on any atom is -0.393 e. The van der Waals surface area contributed by atoms with E-state index in [1.807, 2.05) is 13.0 Å². The molecule has 10 heteroatoms. The number of aliphatic hydroxyl groups is 1. The minimum atomic E-state index is -0.817. The number of pyridine rings is 3. The number of nitrogens with zero attached hydrogens (tertiary/aromatic N) is 3. The third-order valence-corrected chi connectivity index (χ3v) is 7.00. The molecule has 3 N–H and O–H groups in total. The molecule has 1 aliphatic rings. The SMILES string of the molecule is CCCc1cc(N2CCC(O)CC2)cnc1Nc1cc(-c2c(F)cccc2F)nc2c(C(C)=O)c[nH]c(=O)c12. The Morgan fingerprint density at radius 2 is 1.92 bits per heavy atom. The lowest BCUT2D eigenvalue weighted by molar-refractivity contribution is 0.101. The molecule has 0 atom stereocenters. The zero-order valence-corrected chi connectivity index (χ0v) is 21.7. The van der Waals surface area contributed by atoms with E-state index >= 15 is 0 Å². The van der Waals surface area contributed by atoms with E-state index in [4.69, 9.17) is 0 Å². The number of hydrogen-bond acceptors (Lipinski definition) is 7. The summed E-state index contributed by atoms with van der Waals surface area (Å²) >= 11 is 0. The quantitative estimate of drug-likeness (QED) is 0.283. The molecule has 0 radical (unpaired) electrons. The molecule has 0 saturated carbocycles. The van der Waals surface area contributed by atoms with Crippen molar-refractivity contribution in [2.45, 2.75) is 45.6 Å². The van der Waals surface area contributed by atoms with E-state index in [-0.39, 0.29) is 45.3 Å². The maximum absolute atomic E-state index is 14.8. The third kappa shape index (κ3) is 5.24. The molecule has 4 aromatic rings. The number of fused-ring (bicyclic) bond motifs is 1. The van der Waals surface area contributed by atoms with E-state index in [1.54, 1.807) is 6.20 Å². The zero-order valence-electron chi connectivity index (χ0n) is 21.7. The fourth-order valence-electron chi connectivity index (χ4n) is 4.98. The molecule has 0 bridgehead atoms. The van der Waals surface area contributed by atoms with Crippen LogP contribution >= 0.6 is 0 Å². The highest BCUT2D eigenvalue weighted by atomic mass is 19.1. The van der Waals surface area contributed by atoms with Gasteiger partial charge in [-0.1, -0.05) is 19.4 Å². The van der Waals surface area contributed by atoms with E-state index in [1.165, 1.54) is 25.3 Å². The van der Waals surface area contributed by atoms with Gasteiger partial charge in [-0.2, -0.15) is 0 Å². The Balaban J connectivity index is 1.67. The molecule has 1 saturated heterocycles. The van der Waals surface area contributed by atoms with Crippen LogP contribution in [0, 0.1) is 11.6 Å². The van der Waals surface area contributed by atoms with Crippen LogP contribution in [0.4, 0.5) is 26.0 Å². The topological polar surface area (TPSA) is 111 Å². The van der Waals surface area contributed by atoms with Crippen molar-refractivity contribution in [1.82, 2.24) is 15.0 Å². The number of aliphatic hydroxyl groups excluding tert-OH is 1. The molecular formula is C29H29F2N5O3. The lowest BCUT2D eigenvalue weighted by atomic mass is 10.0. The second-order valence-electron chi connectivity index (χ2n) is 9.76. The zero-order chi connectivity index (χ0) is 27.7. The molecule has 5 rings (SSSR count). The van der Waals surface area contributed by atoms with Crippen LogP contribution in [0.1, 0.15) is 49.0 Å². The molecular weight excluding hydrogens is 504 g/mol. The second kappa shape index (κ2) is 10.9. The first-order valence-electron chi connectivity index (χ1n) is 13.0. The largest absolute Gasteiger partial charge is 0.393 e. The van der Waals surface area contributed by atoms with E-state index in [2.05, 4.69) is 25.2 Å². The number of aromatic nitrogens is 3. The van der Waals surface area contributed by atoms with Crippen molar-refractivity contribution < 1.29 is 18.7 Å². The van der Waals surface area contributed by atoms with Crippen molar-refractivity contribution in [2.75, 3.05) is 23.3 Å². The van der Waals surface area contributed by atoms with Gasteiger partial charge in [0.25, 0.3) is 5.56 Å². The highest BCUT2D eigenvalue weighted by molar-refractivity contribution is 6.08. The number of anilines is 3. The number of nitrogens with one attached hydrogen (secondary N) is 2. The Hall–Kier alpha value is -4.18. The van der Waals surface area contributed by atoms with Crippen LogP contribution in [0.3, 0.4) is 0 Å². The number of H-pyrrole nitrogens is 1. The van der Waals surface area contributed by atoms with Crippen molar-refractivity contribution in [3.05, 3.63) is 75.8 Å². The number of Topliss-reactive ketones (excluding diaryl/α,β-unsaturated/α-hetero) is 1. The van der Waals surface area contributed by atoms with Crippen LogP contribution in [0.2, 0.25) is 0 Å². The lowest BCUT2D eigenvalue weighted by Crippen LogP contribution is -2.35. The van der Waals surface area contributed by atoms with Crippen molar-refractivity contribution in [1.29, 1.82) is 0 Å². The van der Waals surface area contributed by atoms with Gasteiger partial charge in [-0.05, 0) is 56.0 Å². The highest BCUT2D eigenvalue weighted by Crippen LogP contribution is 2.34. The van der Waals surface area contributed by atoms with Gasteiger partial charge in [0.15, 0.2) is 5.78 Å². The average molecular weight is 534 g/mol. The Kier molecular flexibility index (Phi) is 7.38. The molecule has 0 amide bonds. The summed E-state index contributed by atoms with van der Waals surface area (Å²) in [6.07, 6.45) is 5.58. The summed E-state index contributed by atoms with van der Waals surface area (Å²) in [7, 11) is 0. The Morgan fingerprint density at radius 1 is 1.21 bits per heavy atom. The van der Waals surface area contributed by atoms with Gasteiger partial charge in [-0.15, -0.1) is 0 Å². The first-order chi connectivity index (χ1) is 18.8. The number of rotatable bonds is 7. The molecule has 1 aliphatic heterocycles. The summed E-state index contributed by atoms with van der Waals surface area (Å²) in [5.74, 6) is -1.51. The van der Waals surface area contributed by atoms with Crippen molar-refractivity contribution in [3.63, 3.8) is 0 Å². The average Bonchev–Trinajstić information content (AvgIpc) is 2.90. The molecule has 0 spiro atoms. The third-order valence-electron chi connectivity index (χ3n) is 7.00. The fraction of sp³-hybridized carbons (Fsp3) is 0.310. The van der Waals surface area contributed by atoms with Crippen LogP contribution in [0.15, 0.2) is 47.5 Å². The van der Waals surface area contributed by atoms with Crippen molar-refractivity contribution in [3.8, 4) is 11.3 Å². The van der Waals surface area contributed by atoms with Crippen LogP contribution < -0.4 is 15.8 Å². The van der Waals surface area contributed by atoms with Gasteiger partial charge in [-0.25, -0.2) is 18.7 Å². The van der Waals surface area contributed by atoms with Gasteiger partial charge >= 0.3 is 0 Å². The molecule has 39 heavy (non-hydrogen) atoms. The molecule has 0 aliphatic carbocycles. The van der Waals surface area contributed by atoms with Gasteiger partial charge in [-0.3, -0.25) is 9.59 Å². The lowest BCUT2D eigenvalue weighted by Gasteiger charge is -2.31. The predicted molar refractivity (Wildman–Crippen MR) is 147 cm³/mol. The predicted octanol–water partition coefficient (Wildman–Crippen LogP) is 5.12. The number of halogens is 2. The maximum atomic E-state index is 14.8. The number of aryl methyl sites for hydroxylation is 1. The number of carbonyl (C=O) groups excluding carboxylic acids is 1. The van der Waals surface area contributed by atoms with Crippen LogP contribution in [-0.4, -0.2) is 45.0 Å². The molecule has 4 heterocycles.